The van der Waals surface area contributed by atoms with Crippen molar-refractivity contribution in [2.45, 2.75) is 13.3 Å². The molecule has 126 valence electrons. The molecule has 0 atom stereocenters. The SMILES string of the molecule is C=CCc1cccc(/C=N\Nc2nc(-c3ccccc3)c(C)s2)c1O. The van der Waals surface area contributed by atoms with Gasteiger partial charge in [-0.1, -0.05) is 48.5 Å². The predicted molar refractivity (Wildman–Crippen MR) is 106 cm³/mol. The second-order valence-electron chi connectivity index (χ2n) is 5.51. The van der Waals surface area contributed by atoms with Crippen LogP contribution in [0, 0.1) is 6.92 Å². The lowest BCUT2D eigenvalue weighted by atomic mass is 10.1. The van der Waals surface area contributed by atoms with Crippen molar-refractivity contribution in [2.24, 2.45) is 5.10 Å². The van der Waals surface area contributed by atoms with Crippen LogP contribution in [0.2, 0.25) is 0 Å². The molecule has 0 saturated carbocycles. The number of phenols is 1. The number of allylic oxidation sites excluding steroid dienone is 1. The number of nitrogens with zero attached hydrogens (tertiary/aromatic N) is 2. The standard InChI is InChI=1S/C20H19N3OS/c1-3-8-16-11-7-12-17(19(16)24)13-21-23-20-22-18(14(2)25-20)15-9-5-4-6-10-15/h3-7,9-13,24H,1,8H2,2H3,(H,22,23)/b21-13-. The monoisotopic (exact) mass is 349 g/mol. The summed E-state index contributed by atoms with van der Waals surface area (Å²) in [5.74, 6) is 0.230. The summed E-state index contributed by atoms with van der Waals surface area (Å²) in [5, 5.41) is 15.2. The number of aromatic nitrogens is 1. The topological polar surface area (TPSA) is 57.5 Å². The Morgan fingerprint density at radius 1 is 1.20 bits per heavy atom. The molecule has 3 rings (SSSR count). The maximum Gasteiger partial charge on any atom is 0.204 e. The highest BCUT2D eigenvalue weighted by molar-refractivity contribution is 7.15. The summed E-state index contributed by atoms with van der Waals surface area (Å²) < 4.78 is 0. The molecule has 0 amide bonds. The molecule has 0 unspecified atom stereocenters. The zero-order valence-electron chi connectivity index (χ0n) is 13.9. The molecule has 0 radical (unpaired) electrons. The lowest BCUT2D eigenvalue weighted by Gasteiger charge is -2.04. The summed E-state index contributed by atoms with van der Waals surface area (Å²) >= 11 is 1.55. The lowest BCUT2D eigenvalue weighted by molar-refractivity contribution is 0.469. The zero-order chi connectivity index (χ0) is 17.6. The van der Waals surface area contributed by atoms with Crippen molar-refractivity contribution in [1.29, 1.82) is 0 Å². The first-order valence-electron chi connectivity index (χ1n) is 7.92. The Bertz CT molecular complexity index is 901. The third kappa shape index (κ3) is 3.95. The second kappa shape index (κ2) is 7.77. The summed E-state index contributed by atoms with van der Waals surface area (Å²) in [6, 6.07) is 15.6. The van der Waals surface area contributed by atoms with Gasteiger partial charge in [0, 0.05) is 16.0 Å². The molecule has 3 aromatic rings. The first kappa shape index (κ1) is 16.9. The van der Waals surface area contributed by atoms with E-state index in [1.165, 1.54) is 0 Å². The lowest BCUT2D eigenvalue weighted by Crippen LogP contribution is -1.92. The fourth-order valence-corrected chi connectivity index (χ4v) is 3.29. The number of anilines is 1. The van der Waals surface area contributed by atoms with Gasteiger partial charge in [-0.3, -0.25) is 5.43 Å². The van der Waals surface area contributed by atoms with Crippen molar-refractivity contribution < 1.29 is 5.11 Å². The number of para-hydroxylation sites is 1. The highest BCUT2D eigenvalue weighted by Gasteiger charge is 2.09. The van der Waals surface area contributed by atoms with E-state index in [2.05, 4.69) is 22.1 Å². The van der Waals surface area contributed by atoms with Gasteiger partial charge in [0.2, 0.25) is 5.13 Å². The highest BCUT2D eigenvalue weighted by Crippen LogP contribution is 2.30. The van der Waals surface area contributed by atoms with E-state index >= 15 is 0 Å². The van der Waals surface area contributed by atoms with Crippen molar-refractivity contribution in [3.63, 3.8) is 0 Å². The summed E-state index contributed by atoms with van der Waals surface area (Å²) in [5.41, 5.74) is 6.48. The highest BCUT2D eigenvalue weighted by atomic mass is 32.1. The Hall–Kier alpha value is -2.92. The molecule has 2 aromatic carbocycles. The number of hydrogen-bond donors (Lipinski definition) is 2. The van der Waals surface area contributed by atoms with Crippen molar-refractivity contribution in [3.8, 4) is 17.0 Å². The van der Waals surface area contributed by atoms with Crippen LogP contribution in [0.1, 0.15) is 16.0 Å². The van der Waals surface area contributed by atoms with Crippen molar-refractivity contribution in [3.05, 3.63) is 77.2 Å². The predicted octanol–water partition coefficient (Wildman–Crippen LogP) is 5.00. The van der Waals surface area contributed by atoms with Crippen molar-refractivity contribution >= 4 is 22.7 Å². The van der Waals surface area contributed by atoms with E-state index in [9.17, 15) is 5.11 Å². The van der Waals surface area contributed by atoms with Gasteiger partial charge in [-0.05, 0) is 25.0 Å². The minimum Gasteiger partial charge on any atom is -0.507 e. The number of hydrogen-bond acceptors (Lipinski definition) is 5. The number of rotatable bonds is 6. The van der Waals surface area contributed by atoms with E-state index in [0.717, 1.165) is 21.7 Å². The Labute approximate surface area is 151 Å². The van der Waals surface area contributed by atoms with E-state index in [4.69, 9.17) is 0 Å². The molecule has 2 N–H and O–H groups in total. The van der Waals surface area contributed by atoms with Gasteiger partial charge in [0.1, 0.15) is 5.75 Å². The minimum atomic E-state index is 0.230. The molecule has 25 heavy (non-hydrogen) atoms. The third-order valence-corrected chi connectivity index (χ3v) is 4.60. The van der Waals surface area contributed by atoms with Crippen LogP contribution >= 0.6 is 11.3 Å². The molecule has 1 heterocycles. The molecule has 0 aliphatic carbocycles. The quantitative estimate of drug-likeness (QED) is 0.374. The fraction of sp³-hybridized carbons (Fsp3) is 0.100. The third-order valence-electron chi connectivity index (χ3n) is 3.72. The van der Waals surface area contributed by atoms with E-state index in [0.29, 0.717) is 17.1 Å². The number of nitrogens with one attached hydrogen (secondary N) is 1. The average Bonchev–Trinajstić information content (AvgIpc) is 3.00. The molecular formula is C20H19N3OS. The summed E-state index contributed by atoms with van der Waals surface area (Å²) in [7, 11) is 0. The van der Waals surface area contributed by atoms with E-state index in [-0.39, 0.29) is 5.75 Å². The average molecular weight is 349 g/mol. The Kier molecular flexibility index (Phi) is 5.26. The molecule has 0 aliphatic heterocycles. The summed E-state index contributed by atoms with van der Waals surface area (Å²) in [6.45, 7) is 5.74. The number of aryl methyl sites for hydroxylation is 1. The number of phenolic OH excluding ortho intramolecular Hbond substituents is 1. The van der Waals surface area contributed by atoms with Gasteiger partial charge in [-0.2, -0.15) is 5.10 Å². The molecule has 0 fully saturated rings. The van der Waals surface area contributed by atoms with Gasteiger partial charge in [0.15, 0.2) is 0 Å². The fourth-order valence-electron chi connectivity index (χ4n) is 2.50. The molecule has 0 saturated heterocycles. The molecule has 0 spiro atoms. The van der Waals surface area contributed by atoms with Crippen LogP contribution in [0.15, 0.2) is 66.3 Å². The van der Waals surface area contributed by atoms with Crippen LogP contribution in [0.5, 0.6) is 5.75 Å². The minimum absolute atomic E-state index is 0.230. The van der Waals surface area contributed by atoms with Crippen LogP contribution < -0.4 is 5.43 Å². The van der Waals surface area contributed by atoms with Gasteiger partial charge in [0.25, 0.3) is 0 Å². The Balaban J connectivity index is 1.75. The zero-order valence-corrected chi connectivity index (χ0v) is 14.8. The van der Waals surface area contributed by atoms with E-state index < -0.39 is 0 Å². The summed E-state index contributed by atoms with van der Waals surface area (Å²) in [6.07, 6.45) is 3.98. The largest absolute Gasteiger partial charge is 0.507 e. The Morgan fingerprint density at radius 2 is 2.00 bits per heavy atom. The molecule has 0 bridgehead atoms. The smallest absolute Gasteiger partial charge is 0.204 e. The summed E-state index contributed by atoms with van der Waals surface area (Å²) in [4.78, 5) is 5.72. The molecule has 5 heteroatoms. The first-order chi connectivity index (χ1) is 12.2. The van der Waals surface area contributed by atoms with Gasteiger partial charge in [0.05, 0.1) is 11.9 Å². The number of hydrazone groups is 1. The Morgan fingerprint density at radius 3 is 2.76 bits per heavy atom. The first-order valence-corrected chi connectivity index (χ1v) is 8.74. The van der Waals surface area contributed by atoms with Crippen molar-refractivity contribution in [2.75, 3.05) is 5.43 Å². The van der Waals surface area contributed by atoms with Gasteiger partial charge in [-0.15, -0.1) is 17.9 Å². The molecule has 1 aromatic heterocycles. The maximum atomic E-state index is 10.2. The number of aromatic hydroxyl groups is 1. The second-order valence-corrected chi connectivity index (χ2v) is 6.71. The van der Waals surface area contributed by atoms with Gasteiger partial charge < -0.3 is 5.11 Å². The van der Waals surface area contributed by atoms with Crippen LogP contribution in [-0.2, 0) is 6.42 Å². The van der Waals surface area contributed by atoms with Crippen LogP contribution in [0.25, 0.3) is 11.3 Å². The number of benzene rings is 2. The van der Waals surface area contributed by atoms with Crippen LogP contribution in [-0.4, -0.2) is 16.3 Å². The van der Waals surface area contributed by atoms with E-state index in [1.807, 2.05) is 55.5 Å². The van der Waals surface area contributed by atoms with Crippen molar-refractivity contribution in [1.82, 2.24) is 4.98 Å². The van der Waals surface area contributed by atoms with Gasteiger partial charge >= 0.3 is 0 Å². The molecule has 0 aliphatic rings. The normalized spacial score (nSPS) is 10.9. The van der Waals surface area contributed by atoms with Gasteiger partial charge in [-0.25, -0.2) is 4.98 Å². The molecular weight excluding hydrogens is 330 g/mol. The van der Waals surface area contributed by atoms with Crippen LogP contribution in [0.4, 0.5) is 5.13 Å². The van der Waals surface area contributed by atoms with E-state index in [1.54, 1.807) is 23.6 Å². The molecule has 4 nitrogen and oxygen atoms in total. The number of thiazole rings is 1. The van der Waals surface area contributed by atoms with Crippen LogP contribution in [0.3, 0.4) is 0 Å². The maximum absolute atomic E-state index is 10.2.